The van der Waals surface area contributed by atoms with Gasteiger partial charge in [0.05, 0.1) is 6.61 Å². The summed E-state index contributed by atoms with van der Waals surface area (Å²) in [6.45, 7) is 6.82. The molecule has 0 spiro atoms. The smallest absolute Gasteiger partial charge is 0.0587 e. The lowest BCUT2D eigenvalue weighted by Gasteiger charge is -2.37. The molecule has 0 saturated carbocycles. The molecule has 0 bridgehead atoms. The van der Waals surface area contributed by atoms with Gasteiger partial charge in [-0.25, -0.2) is 0 Å². The predicted molar refractivity (Wildman–Crippen MR) is 101 cm³/mol. The molecule has 4 nitrogen and oxygen atoms in total. The highest BCUT2D eigenvalue weighted by Crippen LogP contribution is 2.20. The zero-order valence-corrected chi connectivity index (χ0v) is 14.4. The third-order valence-corrected chi connectivity index (χ3v) is 4.51. The van der Waals surface area contributed by atoms with Crippen molar-refractivity contribution >= 4 is 11.4 Å². The van der Waals surface area contributed by atoms with Gasteiger partial charge in [0.25, 0.3) is 0 Å². The number of para-hydroxylation sites is 1. The van der Waals surface area contributed by atoms with Gasteiger partial charge in [-0.15, -0.1) is 0 Å². The van der Waals surface area contributed by atoms with Crippen molar-refractivity contribution in [3.63, 3.8) is 0 Å². The summed E-state index contributed by atoms with van der Waals surface area (Å²) in [6, 6.07) is 19.6. The van der Waals surface area contributed by atoms with Crippen LogP contribution in [0.2, 0.25) is 0 Å². The molecule has 0 unspecified atom stereocenters. The van der Waals surface area contributed by atoms with Gasteiger partial charge in [-0.1, -0.05) is 30.3 Å². The first-order valence-corrected chi connectivity index (χ1v) is 8.70. The van der Waals surface area contributed by atoms with E-state index in [-0.39, 0.29) is 0 Å². The summed E-state index contributed by atoms with van der Waals surface area (Å²) < 4.78 is 5.05. The molecule has 1 heterocycles. The number of benzene rings is 2. The van der Waals surface area contributed by atoms with Gasteiger partial charge in [-0.3, -0.25) is 0 Å². The minimum atomic E-state index is 0.754. The quantitative estimate of drug-likeness (QED) is 0.792. The van der Waals surface area contributed by atoms with E-state index < -0.39 is 0 Å². The second kappa shape index (κ2) is 8.71. The van der Waals surface area contributed by atoms with Gasteiger partial charge in [0.1, 0.15) is 0 Å². The van der Waals surface area contributed by atoms with Gasteiger partial charge in [0, 0.05) is 57.8 Å². The van der Waals surface area contributed by atoms with Crippen LogP contribution in [0.15, 0.2) is 54.6 Å². The van der Waals surface area contributed by atoms with E-state index in [1.54, 1.807) is 7.11 Å². The molecule has 0 aliphatic carbocycles. The van der Waals surface area contributed by atoms with Crippen LogP contribution in [-0.2, 0) is 11.3 Å². The Hall–Kier alpha value is -2.04. The Morgan fingerprint density at radius 2 is 1.42 bits per heavy atom. The van der Waals surface area contributed by atoms with Crippen molar-refractivity contribution < 1.29 is 4.74 Å². The average molecular weight is 325 g/mol. The Labute approximate surface area is 145 Å². The number of anilines is 2. The third kappa shape index (κ3) is 4.49. The van der Waals surface area contributed by atoms with Crippen LogP contribution in [0, 0.1) is 0 Å². The Kier molecular flexibility index (Phi) is 6.10. The molecule has 0 aromatic heterocycles. The Bertz CT molecular complexity index is 592. The molecule has 1 N–H and O–H groups in total. The van der Waals surface area contributed by atoms with Crippen LogP contribution in [0.5, 0.6) is 0 Å². The fraction of sp³-hybridized carbons (Fsp3) is 0.400. The lowest BCUT2D eigenvalue weighted by molar-refractivity contribution is 0.199. The number of ether oxygens (including phenoxy) is 1. The van der Waals surface area contributed by atoms with E-state index in [2.05, 4.69) is 69.7 Å². The number of methoxy groups -OCH3 is 1. The van der Waals surface area contributed by atoms with Crippen molar-refractivity contribution in [1.29, 1.82) is 0 Å². The number of hydrogen-bond acceptors (Lipinski definition) is 4. The zero-order chi connectivity index (χ0) is 16.6. The first-order chi connectivity index (χ1) is 11.9. The lowest BCUT2D eigenvalue weighted by atomic mass is 10.1. The largest absolute Gasteiger partial charge is 0.383 e. The summed E-state index contributed by atoms with van der Waals surface area (Å²) in [5.74, 6) is 0. The monoisotopic (exact) mass is 325 g/mol. The van der Waals surface area contributed by atoms with Crippen LogP contribution in [0.4, 0.5) is 11.4 Å². The Morgan fingerprint density at radius 1 is 0.833 bits per heavy atom. The number of hydrogen-bond donors (Lipinski definition) is 1. The van der Waals surface area contributed by atoms with Gasteiger partial charge < -0.3 is 19.9 Å². The highest BCUT2D eigenvalue weighted by Gasteiger charge is 2.17. The van der Waals surface area contributed by atoms with E-state index in [1.807, 2.05) is 0 Å². The van der Waals surface area contributed by atoms with Crippen molar-refractivity contribution in [2.75, 3.05) is 56.2 Å². The molecule has 1 aliphatic heterocycles. The molecule has 24 heavy (non-hydrogen) atoms. The van der Waals surface area contributed by atoms with Gasteiger partial charge in [0.2, 0.25) is 0 Å². The maximum Gasteiger partial charge on any atom is 0.0587 e. The number of nitrogens with one attached hydrogen (secondary N) is 1. The second-order valence-electron chi connectivity index (χ2n) is 6.15. The summed E-state index contributed by atoms with van der Waals surface area (Å²) >= 11 is 0. The van der Waals surface area contributed by atoms with Gasteiger partial charge in [-0.05, 0) is 29.8 Å². The topological polar surface area (TPSA) is 27.7 Å². The first-order valence-electron chi connectivity index (χ1n) is 8.70. The molecule has 0 atom stereocenters. The van der Waals surface area contributed by atoms with E-state index in [1.165, 1.54) is 16.9 Å². The van der Waals surface area contributed by atoms with E-state index in [0.717, 1.165) is 45.9 Å². The molecule has 1 fully saturated rings. The Morgan fingerprint density at radius 3 is 2.00 bits per heavy atom. The van der Waals surface area contributed by atoms with Crippen molar-refractivity contribution in [3.05, 3.63) is 60.2 Å². The molecule has 1 aliphatic rings. The maximum absolute atomic E-state index is 5.05. The number of nitrogens with zero attached hydrogens (tertiary/aromatic N) is 2. The molecule has 128 valence electrons. The van der Waals surface area contributed by atoms with Gasteiger partial charge in [0.15, 0.2) is 0 Å². The molecular weight excluding hydrogens is 298 g/mol. The summed E-state index contributed by atoms with van der Waals surface area (Å²) in [5, 5.41) is 3.38. The van der Waals surface area contributed by atoms with Gasteiger partial charge in [-0.2, -0.15) is 0 Å². The summed E-state index contributed by atoms with van der Waals surface area (Å²) in [4.78, 5) is 4.94. The van der Waals surface area contributed by atoms with Crippen LogP contribution in [0.1, 0.15) is 5.56 Å². The van der Waals surface area contributed by atoms with E-state index in [9.17, 15) is 0 Å². The Balaban J connectivity index is 1.49. The number of rotatable bonds is 7. The minimum absolute atomic E-state index is 0.754. The van der Waals surface area contributed by atoms with Crippen molar-refractivity contribution in [2.45, 2.75) is 6.54 Å². The van der Waals surface area contributed by atoms with E-state index >= 15 is 0 Å². The molecule has 0 amide bonds. The SMILES string of the molecule is COCCNCc1ccc(N2CCN(c3ccccc3)CC2)cc1. The van der Waals surface area contributed by atoms with Crippen LogP contribution in [0.25, 0.3) is 0 Å². The second-order valence-corrected chi connectivity index (χ2v) is 6.15. The fourth-order valence-corrected chi connectivity index (χ4v) is 3.09. The molecule has 2 aromatic carbocycles. The molecule has 2 aromatic rings. The van der Waals surface area contributed by atoms with Crippen LogP contribution in [0.3, 0.4) is 0 Å². The molecule has 3 rings (SSSR count). The first kappa shape index (κ1) is 16.8. The van der Waals surface area contributed by atoms with Crippen LogP contribution < -0.4 is 15.1 Å². The zero-order valence-electron chi connectivity index (χ0n) is 14.4. The fourth-order valence-electron chi connectivity index (χ4n) is 3.09. The van der Waals surface area contributed by atoms with Crippen molar-refractivity contribution in [3.8, 4) is 0 Å². The average Bonchev–Trinajstić information content (AvgIpc) is 2.67. The third-order valence-electron chi connectivity index (χ3n) is 4.51. The predicted octanol–water partition coefficient (Wildman–Crippen LogP) is 2.75. The van der Waals surface area contributed by atoms with Gasteiger partial charge >= 0.3 is 0 Å². The highest BCUT2D eigenvalue weighted by atomic mass is 16.5. The summed E-state index contributed by atoms with van der Waals surface area (Å²) in [7, 11) is 1.73. The lowest BCUT2D eigenvalue weighted by Crippen LogP contribution is -2.46. The highest BCUT2D eigenvalue weighted by molar-refractivity contribution is 5.52. The minimum Gasteiger partial charge on any atom is -0.383 e. The maximum atomic E-state index is 5.05. The molecular formula is C20H27N3O. The van der Waals surface area contributed by atoms with E-state index in [0.29, 0.717) is 0 Å². The van der Waals surface area contributed by atoms with Crippen molar-refractivity contribution in [2.24, 2.45) is 0 Å². The standard InChI is InChI=1S/C20H27N3O/c1-24-16-11-21-17-18-7-9-20(10-8-18)23-14-12-22(13-15-23)19-5-3-2-4-6-19/h2-10,21H,11-17H2,1H3. The summed E-state index contributed by atoms with van der Waals surface area (Å²) in [5.41, 5.74) is 3.97. The molecule has 1 saturated heterocycles. The van der Waals surface area contributed by atoms with E-state index in [4.69, 9.17) is 4.74 Å². The van der Waals surface area contributed by atoms with Crippen LogP contribution in [-0.4, -0.2) is 46.4 Å². The molecule has 4 heteroatoms. The van der Waals surface area contributed by atoms with Crippen molar-refractivity contribution in [1.82, 2.24) is 5.32 Å². The van der Waals surface area contributed by atoms with Crippen LogP contribution >= 0.6 is 0 Å². The number of piperazine rings is 1. The molecule has 0 radical (unpaired) electrons. The summed E-state index contributed by atoms with van der Waals surface area (Å²) in [6.07, 6.45) is 0. The normalized spacial score (nSPS) is 14.9.